The Kier molecular flexibility index (Phi) is 8.49. The van der Waals surface area contributed by atoms with Crippen molar-refractivity contribution >= 4 is 39.1 Å². The van der Waals surface area contributed by atoms with Crippen LogP contribution in [0.15, 0.2) is 46.9 Å². The largest absolute Gasteiger partial charge is 0.385 e. The smallest absolute Gasteiger partial charge is 0.255 e. The monoisotopic (exact) mass is 487 g/mol. The number of ether oxygens (including phenoxy) is 1. The highest BCUT2D eigenvalue weighted by Gasteiger charge is 2.22. The number of halogens is 1. The molecule has 0 aliphatic carbocycles. The van der Waals surface area contributed by atoms with Gasteiger partial charge in [-0.05, 0) is 61.6 Å². The Hall–Kier alpha value is -2.38. The Morgan fingerprint density at radius 2 is 1.90 bits per heavy atom. The molecule has 0 unspecified atom stereocenters. The zero-order chi connectivity index (χ0) is 22.2. The second kappa shape index (κ2) is 11.3. The van der Waals surface area contributed by atoms with Crippen LogP contribution in [0.3, 0.4) is 0 Å². The van der Waals surface area contributed by atoms with E-state index in [1.165, 1.54) is 0 Å². The lowest BCUT2D eigenvalue weighted by Gasteiger charge is -2.33. The lowest BCUT2D eigenvalue weighted by Crippen LogP contribution is -2.35. The van der Waals surface area contributed by atoms with Crippen LogP contribution in [-0.2, 0) is 4.74 Å². The van der Waals surface area contributed by atoms with Crippen molar-refractivity contribution < 1.29 is 14.3 Å². The van der Waals surface area contributed by atoms with Gasteiger partial charge in [-0.25, -0.2) is 0 Å². The molecule has 0 bridgehead atoms. The summed E-state index contributed by atoms with van der Waals surface area (Å²) in [5.41, 5.74) is 2.64. The van der Waals surface area contributed by atoms with Gasteiger partial charge in [-0.3, -0.25) is 9.59 Å². The summed E-state index contributed by atoms with van der Waals surface area (Å²) in [4.78, 5) is 27.9. The molecule has 1 aliphatic heterocycles. The van der Waals surface area contributed by atoms with Crippen molar-refractivity contribution in [2.45, 2.75) is 26.2 Å². The van der Waals surface area contributed by atoms with Crippen LogP contribution in [0.25, 0.3) is 0 Å². The summed E-state index contributed by atoms with van der Waals surface area (Å²) in [7, 11) is 1.65. The fraction of sp³-hybridized carbons (Fsp3) is 0.417. The number of carbonyl (C=O) groups excluding carboxylic acids is 2. The molecule has 1 saturated heterocycles. The average Bonchev–Trinajstić information content (AvgIpc) is 2.77. The van der Waals surface area contributed by atoms with Crippen LogP contribution in [0.4, 0.5) is 11.4 Å². The van der Waals surface area contributed by atoms with Crippen LogP contribution in [-0.4, -0.2) is 45.2 Å². The normalized spacial score (nSPS) is 14.4. The van der Waals surface area contributed by atoms with Crippen LogP contribution < -0.4 is 15.5 Å². The van der Waals surface area contributed by atoms with Crippen molar-refractivity contribution in [3.8, 4) is 0 Å². The SMILES string of the molecule is COCCCNC(=O)c1cc(NC(=O)c2cccc(Br)c2)ccc1N1CCC(C)CC1. The Labute approximate surface area is 192 Å². The average molecular weight is 488 g/mol. The van der Waals surface area contributed by atoms with Gasteiger partial charge < -0.3 is 20.3 Å². The quantitative estimate of drug-likeness (QED) is 0.529. The summed E-state index contributed by atoms with van der Waals surface area (Å²) in [5, 5.41) is 5.89. The Morgan fingerprint density at radius 3 is 2.61 bits per heavy atom. The first kappa shape index (κ1) is 23.3. The van der Waals surface area contributed by atoms with E-state index in [2.05, 4.69) is 38.4 Å². The maximum absolute atomic E-state index is 13.0. The van der Waals surface area contributed by atoms with Crippen LogP contribution >= 0.6 is 15.9 Å². The van der Waals surface area contributed by atoms with E-state index in [4.69, 9.17) is 4.74 Å². The van der Waals surface area contributed by atoms with Crippen LogP contribution in [0.2, 0.25) is 0 Å². The van der Waals surface area contributed by atoms with Crippen molar-refractivity contribution in [1.82, 2.24) is 5.32 Å². The van der Waals surface area contributed by atoms with E-state index < -0.39 is 0 Å². The van der Waals surface area contributed by atoms with Gasteiger partial charge in [-0.2, -0.15) is 0 Å². The number of carbonyl (C=O) groups is 2. The molecule has 0 aromatic heterocycles. The molecular weight excluding hydrogens is 458 g/mol. The molecule has 2 N–H and O–H groups in total. The molecule has 2 amide bonds. The molecule has 31 heavy (non-hydrogen) atoms. The number of hydrogen-bond donors (Lipinski definition) is 2. The minimum absolute atomic E-state index is 0.136. The van der Waals surface area contributed by atoms with Crippen molar-refractivity contribution in [1.29, 1.82) is 0 Å². The summed E-state index contributed by atoms with van der Waals surface area (Å²) in [6.07, 6.45) is 2.96. The number of nitrogens with zero attached hydrogens (tertiary/aromatic N) is 1. The first-order valence-electron chi connectivity index (χ1n) is 10.7. The number of hydrogen-bond acceptors (Lipinski definition) is 4. The molecule has 0 saturated carbocycles. The third-order valence-electron chi connectivity index (χ3n) is 5.52. The number of nitrogens with one attached hydrogen (secondary N) is 2. The minimum Gasteiger partial charge on any atom is -0.385 e. The summed E-state index contributed by atoms with van der Waals surface area (Å²) >= 11 is 3.39. The third-order valence-corrected chi connectivity index (χ3v) is 6.01. The van der Waals surface area contributed by atoms with Gasteiger partial charge >= 0.3 is 0 Å². The highest BCUT2D eigenvalue weighted by Crippen LogP contribution is 2.29. The fourth-order valence-corrected chi connectivity index (χ4v) is 4.07. The molecule has 1 heterocycles. The topological polar surface area (TPSA) is 70.7 Å². The standard InChI is InChI=1S/C24H30BrN3O3/c1-17-9-12-28(13-10-17)22-8-7-20(16-21(22)24(30)26-11-4-14-31-2)27-23(29)18-5-3-6-19(25)15-18/h3,5-8,15-17H,4,9-14H2,1-2H3,(H,26,30)(H,27,29). The maximum atomic E-state index is 13.0. The van der Waals surface area contributed by atoms with Gasteiger partial charge in [0.15, 0.2) is 0 Å². The molecule has 0 spiro atoms. The van der Waals surface area contributed by atoms with Gasteiger partial charge in [0.2, 0.25) is 0 Å². The summed E-state index contributed by atoms with van der Waals surface area (Å²) < 4.78 is 5.90. The first-order valence-corrected chi connectivity index (χ1v) is 11.5. The van der Waals surface area contributed by atoms with Gasteiger partial charge in [-0.15, -0.1) is 0 Å². The lowest BCUT2D eigenvalue weighted by molar-refractivity contribution is 0.0947. The van der Waals surface area contributed by atoms with E-state index in [0.29, 0.717) is 35.9 Å². The highest BCUT2D eigenvalue weighted by atomic mass is 79.9. The molecule has 7 heteroatoms. The van der Waals surface area contributed by atoms with Crippen molar-refractivity contribution in [2.75, 3.05) is 43.6 Å². The molecule has 166 valence electrons. The molecule has 1 fully saturated rings. The van der Waals surface area contributed by atoms with Gasteiger partial charge in [0, 0.05) is 54.8 Å². The number of piperidine rings is 1. The number of rotatable bonds is 8. The molecule has 2 aromatic rings. The van der Waals surface area contributed by atoms with E-state index in [1.807, 2.05) is 24.3 Å². The molecule has 2 aromatic carbocycles. The van der Waals surface area contributed by atoms with E-state index in [0.717, 1.165) is 42.5 Å². The third kappa shape index (κ3) is 6.55. The maximum Gasteiger partial charge on any atom is 0.255 e. The van der Waals surface area contributed by atoms with Crippen molar-refractivity contribution in [3.05, 3.63) is 58.1 Å². The minimum atomic E-state index is -0.215. The van der Waals surface area contributed by atoms with E-state index in [-0.39, 0.29) is 11.8 Å². The second-order valence-electron chi connectivity index (χ2n) is 7.97. The molecule has 6 nitrogen and oxygen atoms in total. The zero-order valence-corrected chi connectivity index (χ0v) is 19.7. The number of amides is 2. The summed E-state index contributed by atoms with van der Waals surface area (Å²) in [5.74, 6) is 0.349. The molecule has 0 radical (unpaired) electrons. The molecule has 1 aliphatic rings. The highest BCUT2D eigenvalue weighted by molar-refractivity contribution is 9.10. The second-order valence-corrected chi connectivity index (χ2v) is 8.88. The van der Waals surface area contributed by atoms with Gasteiger partial charge in [0.25, 0.3) is 11.8 Å². The van der Waals surface area contributed by atoms with E-state index in [9.17, 15) is 9.59 Å². The zero-order valence-electron chi connectivity index (χ0n) is 18.1. The van der Waals surface area contributed by atoms with Gasteiger partial charge in [-0.1, -0.05) is 28.9 Å². The molecule has 0 atom stereocenters. The fourth-order valence-electron chi connectivity index (χ4n) is 3.67. The van der Waals surface area contributed by atoms with E-state index >= 15 is 0 Å². The molecular formula is C24H30BrN3O3. The Bertz CT molecular complexity index is 911. The number of anilines is 2. The summed E-state index contributed by atoms with van der Waals surface area (Å²) in [6.45, 7) is 5.25. The van der Waals surface area contributed by atoms with E-state index in [1.54, 1.807) is 25.3 Å². The summed E-state index contributed by atoms with van der Waals surface area (Å²) in [6, 6.07) is 12.8. The van der Waals surface area contributed by atoms with Crippen LogP contribution in [0.5, 0.6) is 0 Å². The van der Waals surface area contributed by atoms with Crippen LogP contribution in [0, 0.1) is 5.92 Å². The van der Waals surface area contributed by atoms with Crippen LogP contribution in [0.1, 0.15) is 46.9 Å². The number of methoxy groups -OCH3 is 1. The predicted octanol–water partition coefficient (Wildman–Crippen LogP) is 4.70. The Morgan fingerprint density at radius 1 is 1.13 bits per heavy atom. The molecule has 3 rings (SSSR count). The van der Waals surface area contributed by atoms with Gasteiger partial charge in [0.1, 0.15) is 0 Å². The first-order chi connectivity index (χ1) is 15.0. The van der Waals surface area contributed by atoms with Crippen molar-refractivity contribution in [2.24, 2.45) is 5.92 Å². The predicted molar refractivity (Wildman–Crippen MR) is 128 cm³/mol. The van der Waals surface area contributed by atoms with Gasteiger partial charge in [0.05, 0.1) is 5.56 Å². The lowest BCUT2D eigenvalue weighted by atomic mass is 9.97. The van der Waals surface area contributed by atoms with Crippen molar-refractivity contribution in [3.63, 3.8) is 0 Å². The Balaban J connectivity index is 1.81. The number of benzene rings is 2.